The Bertz CT molecular complexity index is 844. The van der Waals surface area contributed by atoms with Gasteiger partial charge in [0.2, 0.25) is 5.91 Å². The highest BCUT2D eigenvalue weighted by atomic mass is 35.5. The SMILES string of the molecule is O=C(O)[C@H]1CN(C(=O)CCc2ncc(-c3ccc(Cl)cc3)o2)C[C@@H]1C1CC1. The number of oxazole rings is 1. The van der Waals surface area contributed by atoms with Gasteiger partial charge in [-0.2, -0.15) is 0 Å². The summed E-state index contributed by atoms with van der Waals surface area (Å²) < 4.78 is 5.73. The number of aromatic nitrogens is 1. The van der Waals surface area contributed by atoms with Gasteiger partial charge < -0.3 is 14.4 Å². The Hall–Kier alpha value is -2.34. The molecule has 7 heteroatoms. The van der Waals surface area contributed by atoms with Crippen molar-refractivity contribution in [2.75, 3.05) is 13.1 Å². The summed E-state index contributed by atoms with van der Waals surface area (Å²) in [4.78, 5) is 30.0. The second-order valence-corrected chi connectivity index (χ2v) is 7.81. The molecule has 0 unspecified atom stereocenters. The number of halogens is 1. The summed E-state index contributed by atoms with van der Waals surface area (Å²) in [6.07, 6.45) is 4.47. The van der Waals surface area contributed by atoms with E-state index >= 15 is 0 Å². The van der Waals surface area contributed by atoms with E-state index in [4.69, 9.17) is 16.0 Å². The van der Waals surface area contributed by atoms with Gasteiger partial charge in [-0.3, -0.25) is 9.59 Å². The average Bonchev–Trinajstić information content (AvgIpc) is 3.22. The first-order valence-electron chi connectivity index (χ1n) is 9.22. The lowest BCUT2D eigenvalue weighted by Gasteiger charge is -2.15. The average molecular weight is 389 g/mol. The fraction of sp³-hybridized carbons (Fsp3) is 0.450. The minimum absolute atomic E-state index is 0.0318. The molecule has 1 aliphatic heterocycles. The summed E-state index contributed by atoms with van der Waals surface area (Å²) in [5, 5.41) is 10.1. The summed E-state index contributed by atoms with van der Waals surface area (Å²) in [6.45, 7) is 0.874. The van der Waals surface area contributed by atoms with Crippen molar-refractivity contribution < 1.29 is 19.1 Å². The Kier molecular flexibility index (Phi) is 4.91. The highest BCUT2D eigenvalue weighted by molar-refractivity contribution is 6.30. The first-order chi connectivity index (χ1) is 13.0. The Morgan fingerprint density at radius 3 is 2.63 bits per heavy atom. The van der Waals surface area contributed by atoms with Crippen LogP contribution in [-0.2, 0) is 16.0 Å². The second kappa shape index (κ2) is 7.35. The number of carbonyl (C=O) groups excluding carboxylic acids is 1. The molecule has 1 N–H and O–H groups in total. The van der Waals surface area contributed by atoms with Crippen molar-refractivity contribution in [1.82, 2.24) is 9.88 Å². The van der Waals surface area contributed by atoms with E-state index < -0.39 is 11.9 Å². The van der Waals surface area contributed by atoms with Crippen LogP contribution in [0.25, 0.3) is 11.3 Å². The van der Waals surface area contributed by atoms with Gasteiger partial charge in [0.25, 0.3) is 0 Å². The third-order valence-corrected chi connectivity index (χ3v) is 5.75. The van der Waals surface area contributed by atoms with Gasteiger partial charge in [-0.25, -0.2) is 4.98 Å². The zero-order valence-electron chi connectivity index (χ0n) is 14.8. The first-order valence-corrected chi connectivity index (χ1v) is 9.60. The van der Waals surface area contributed by atoms with Crippen molar-refractivity contribution in [3.05, 3.63) is 41.4 Å². The van der Waals surface area contributed by atoms with Gasteiger partial charge in [-0.15, -0.1) is 0 Å². The van der Waals surface area contributed by atoms with Gasteiger partial charge in [-0.1, -0.05) is 11.6 Å². The monoisotopic (exact) mass is 388 g/mol. The number of amides is 1. The van der Waals surface area contributed by atoms with Crippen LogP contribution in [0.15, 0.2) is 34.9 Å². The first kappa shape index (κ1) is 18.0. The van der Waals surface area contributed by atoms with E-state index in [1.807, 2.05) is 12.1 Å². The molecule has 27 heavy (non-hydrogen) atoms. The van der Waals surface area contributed by atoms with Gasteiger partial charge in [0.05, 0.1) is 12.1 Å². The zero-order chi connectivity index (χ0) is 19.0. The molecule has 2 atom stereocenters. The number of aryl methyl sites for hydroxylation is 1. The lowest BCUT2D eigenvalue weighted by Crippen LogP contribution is -2.30. The van der Waals surface area contributed by atoms with E-state index in [1.165, 1.54) is 0 Å². The number of hydrogen-bond donors (Lipinski definition) is 1. The number of likely N-dealkylation sites (tertiary alicyclic amines) is 1. The summed E-state index contributed by atoms with van der Waals surface area (Å²) in [7, 11) is 0. The molecule has 1 aromatic heterocycles. The number of hydrogen-bond acceptors (Lipinski definition) is 4. The number of rotatable bonds is 6. The molecule has 1 aromatic carbocycles. The number of carboxylic acid groups (broad SMARTS) is 1. The molecule has 2 heterocycles. The third-order valence-electron chi connectivity index (χ3n) is 5.50. The molecule has 1 saturated carbocycles. The maximum Gasteiger partial charge on any atom is 0.308 e. The van der Waals surface area contributed by atoms with Gasteiger partial charge in [0.1, 0.15) is 0 Å². The smallest absolute Gasteiger partial charge is 0.308 e. The summed E-state index contributed by atoms with van der Waals surface area (Å²) in [6, 6.07) is 7.27. The fourth-order valence-electron chi connectivity index (χ4n) is 3.84. The van der Waals surface area contributed by atoms with E-state index in [0.717, 1.165) is 18.4 Å². The molecular formula is C20H21ClN2O4. The Morgan fingerprint density at radius 1 is 1.22 bits per heavy atom. The van der Waals surface area contributed by atoms with Crippen molar-refractivity contribution in [1.29, 1.82) is 0 Å². The molecule has 0 radical (unpaired) electrons. The number of nitrogens with zero attached hydrogens (tertiary/aromatic N) is 2. The standard InChI is InChI=1S/C20H21ClN2O4/c21-14-5-3-13(4-6-14)17-9-22-18(27-17)7-8-19(24)23-10-15(12-1-2-12)16(11-23)20(25)26/h3-6,9,12,15-16H,1-2,7-8,10-11H2,(H,25,26)/t15-,16+/m1/s1. The highest BCUT2D eigenvalue weighted by Gasteiger charge is 2.46. The molecule has 142 valence electrons. The molecule has 1 aliphatic carbocycles. The quantitative estimate of drug-likeness (QED) is 0.818. The summed E-state index contributed by atoms with van der Waals surface area (Å²) >= 11 is 5.89. The second-order valence-electron chi connectivity index (χ2n) is 7.37. The number of carboxylic acids is 1. The largest absolute Gasteiger partial charge is 0.481 e. The molecule has 0 spiro atoms. The van der Waals surface area contributed by atoms with Gasteiger partial charge >= 0.3 is 5.97 Å². The molecular weight excluding hydrogens is 368 g/mol. The van der Waals surface area contributed by atoms with Crippen LogP contribution >= 0.6 is 11.6 Å². The molecule has 2 aliphatic rings. The number of carbonyl (C=O) groups is 2. The fourth-order valence-corrected chi connectivity index (χ4v) is 3.97. The topological polar surface area (TPSA) is 83.6 Å². The molecule has 6 nitrogen and oxygen atoms in total. The molecule has 2 fully saturated rings. The van der Waals surface area contributed by atoms with E-state index in [1.54, 1.807) is 23.2 Å². The van der Waals surface area contributed by atoms with Crippen LogP contribution in [0.5, 0.6) is 0 Å². The normalized spacial score (nSPS) is 22.2. The van der Waals surface area contributed by atoms with Crippen LogP contribution < -0.4 is 0 Å². The number of benzene rings is 1. The predicted molar refractivity (Wildman–Crippen MR) is 99.2 cm³/mol. The van der Waals surface area contributed by atoms with Crippen molar-refractivity contribution in [2.24, 2.45) is 17.8 Å². The van der Waals surface area contributed by atoms with Crippen molar-refractivity contribution >= 4 is 23.5 Å². The Labute approximate surface area is 162 Å². The Morgan fingerprint density at radius 2 is 1.96 bits per heavy atom. The molecule has 0 bridgehead atoms. The lowest BCUT2D eigenvalue weighted by atomic mass is 9.92. The minimum atomic E-state index is -0.789. The van der Waals surface area contributed by atoms with Crippen molar-refractivity contribution in [3.63, 3.8) is 0 Å². The van der Waals surface area contributed by atoms with Crippen LogP contribution in [0.2, 0.25) is 5.02 Å². The van der Waals surface area contributed by atoms with Crippen LogP contribution in [0.4, 0.5) is 0 Å². The highest BCUT2D eigenvalue weighted by Crippen LogP contribution is 2.44. The van der Waals surface area contributed by atoms with E-state index in [9.17, 15) is 14.7 Å². The molecule has 2 aromatic rings. The van der Waals surface area contributed by atoms with Crippen LogP contribution in [-0.4, -0.2) is 40.0 Å². The summed E-state index contributed by atoms with van der Waals surface area (Å²) in [5.41, 5.74) is 0.876. The summed E-state index contributed by atoms with van der Waals surface area (Å²) in [5.74, 6) is 0.455. The maximum absolute atomic E-state index is 12.5. The molecule has 1 amide bonds. The maximum atomic E-state index is 12.5. The third kappa shape index (κ3) is 4.00. The van der Waals surface area contributed by atoms with E-state index in [-0.39, 0.29) is 18.2 Å². The predicted octanol–water partition coefficient (Wildman–Crippen LogP) is 3.50. The number of aliphatic carboxylic acids is 1. The Balaban J connectivity index is 1.34. The molecule has 4 rings (SSSR count). The minimum Gasteiger partial charge on any atom is -0.481 e. The van der Waals surface area contributed by atoms with Crippen LogP contribution in [0.1, 0.15) is 25.2 Å². The molecule has 1 saturated heterocycles. The zero-order valence-corrected chi connectivity index (χ0v) is 15.6. The van der Waals surface area contributed by atoms with Gasteiger partial charge in [-0.05, 0) is 48.9 Å². The van der Waals surface area contributed by atoms with Crippen LogP contribution in [0.3, 0.4) is 0 Å². The van der Waals surface area contributed by atoms with Gasteiger partial charge in [0.15, 0.2) is 11.7 Å². The van der Waals surface area contributed by atoms with E-state index in [0.29, 0.717) is 42.1 Å². The van der Waals surface area contributed by atoms with Crippen LogP contribution in [0, 0.1) is 17.8 Å². The van der Waals surface area contributed by atoms with Gasteiger partial charge in [0, 0.05) is 36.5 Å². The van der Waals surface area contributed by atoms with E-state index in [2.05, 4.69) is 4.98 Å². The van der Waals surface area contributed by atoms with Crippen molar-refractivity contribution in [3.8, 4) is 11.3 Å². The lowest BCUT2D eigenvalue weighted by molar-refractivity contribution is -0.142. The van der Waals surface area contributed by atoms with Crippen molar-refractivity contribution in [2.45, 2.75) is 25.7 Å².